The van der Waals surface area contributed by atoms with E-state index in [1.54, 1.807) is 12.0 Å². The van der Waals surface area contributed by atoms with E-state index in [9.17, 15) is 14.7 Å². The maximum atomic E-state index is 12.2. The van der Waals surface area contributed by atoms with Gasteiger partial charge in [-0.3, -0.25) is 9.69 Å². The molecule has 1 aliphatic carbocycles. The van der Waals surface area contributed by atoms with Crippen molar-refractivity contribution in [1.29, 1.82) is 0 Å². The number of methoxy groups -OCH3 is 1. The summed E-state index contributed by atoms with van der Waals surface area (Å²) in [6.07, 6.45) is 6.01. The van der Waals surface area contributed by atoms with Crippen LogP contribution < -0.4 is 5.32 Å². The predicted molar refractivity (Wildman–Crippen MR) is 86.4 cm³/mol. The molecular weight excluding hydrogens is 298 g/mol. The normalized spacial score (nSPS) is 24.2. The van der Waals surface area contributed by atoms with E-state index in [-0.39, 0.29) is 12.6 Å². The topological polar surface area (TPSA) is 82.1 Å². The zero-order valence-electron chi connectivity index (χ0n) is 14.0. The lowest BCUT2D eigenvalue weighted by Gasteiger charge is -2.34. The highest BCUT2D eigenvalue weighted by atomic mass is 16.5. The average Bonchev–Trinajstić information content (AvgIpc) is 2.79. The first-order chi connectivity index (χ1) is 11.1. The highest BCUT2D eigenvalue weighted by Gasteiger charge is 2.33. The molecule has 1 heterocycles. The number of aliphatic carboxylic acids is 1. The molecule has 0 aromatic carbocycles. The van der Waals surface area contributed by atoms with Crippen molar-refractivity contribution in [3.8, 4) is 0 Å². The number of amides is 2. The monoisotopic (exact) mass is 327 g/mol. The van der Waals surface area contributed by atoms with Crippen molar-refractivity contribution in [2.75, 3.05) is 46.4 Å². The van der Waals surface area contributed by atoms with Gasteiger partial charge in [-0.1, -0.05) is 19.3 Å². The van der Waals surface area contributed by atoms with Crippen LogP contribution in [0.4, 0.5) is 4.79 Å². The van der Waals surface area contributed by atoms with Crippen LogP contribution in [0.15, 0.2) is 0 Å². The third-order valence-corrected chi connectivity index (χ3v) is 4.86. The van der Waals surface area contributed by atoms with Crippen molar-refractivity contribution < 1.29 is 19.4 Å². The number of nitrogens with zero attached hydrogens (tertiary/aromatic N) is 2. The van der Waals surface area contributed by atoms with Crippen LogP contribution in [0.3, 0.4) is 0 Å². The van der Waals surface area contributed by atoms with Gasteiger partial charge in [-0.05, 0) is 12.8 Å². The highest BCUT2D eigenvalue weighted by Crippen LogP contribution is 2.24. The van der Waals surface area contributed by atoms with Crippen molar-refractivity contribution in [3.63, 3.8) is 0 Å². The zero-order chi connectivity index (χ0) is 16.7. The fourth-order valence-corrected chi connectivity index (χ4v) is 3.53. The number of carbonyl (C=O) groups is 2. The van der Waals surface area contributed by atoms with Crippen molar-refractivity contribution in [2.45, 2.75) is 38.1 Å². The number of nitrogens with one attached hydrogen (secondary N) is 1. The molecule has 0 aromatic heterocycles. The lowest BCUT2D eigenvalue weighted by atomic mass is 9.93. The Balaban J connectivity index is 1.96. The van der Waals surface area contributed by atoms with E-state index in [0.717, 1.165) is 19.4 Å². The van der Waals surface area contributed by atoms with Gasteiger partial charge in [-0.2, -0.15) is 0 Å². The molecular formula is C16H29N3O4. The number of hydrogen-bond donors (Lipinski definition) is 2. The molecule has 2 N–H and O–H groups in total. The second-order valence-electron chi connectivity index (χ2n) is 6.49. The minimum absolute atomic E-state index is 0.196. The molecule has 2 rings (SSSR count). The predicted octanol–water partition coefficient (Wildman–Crippen LogP) is 0.994. The Hall–Kier alpha value is -1.34. The summed E-state index contributed by atoms with van der Waals surface area (Å²) in [4.78, 5) is 27.7. The SMILES string of the molecule is COCCNC(=O)N1CCN(C2CCCCC2)C[C@@H](C(=O)O)C1. The minimum Gasteiger partial charge on any atom is -0.481 e. The Morgan fingerprint density at radius 3 is 2.57 bits per heavy atom. The molecule has 0 radical (unpaired) electrons. The first-order valence-electron chi connectivity index (χ1n) is 8.60. The van der Waals surface area contributed by atoms with Gasteiger partial charge < -0.3 is 20.1 Å². The van der Waals surface area contributed by atoms with E-state index in [4.69, 9.17) is 4.74 Å². The van der Waals surface area contributed by atoms with Crippen LogP contribution in [0.25, 0.3) is 0 Å². The number of urea groups is 1. The Labute approximate surface area is 138 Å². The molecule has 2 fully saturated rings. The van der Waals surface area contributed by atoms with Crippen LogP contribution in [-0.2, 0) is 9.53 Å². The summed E-state index contributed by atoms with van der Waals surface area (Å²) in [6.45, 7) is 3.05. The van der Waals surface area contributed by atoms with Gasteiger partial charge in [-0.15, -0.1) is 0 Å². The first kappa shape index (κ1) is 18.0. The number of carboxylic acids is 1. The molecule has 132 valence electrons. The van der Waals surface area contributed by atoms with Crippen LogP contribution in [-0.4, -0.2) is 79.4 Å². The molecule has 1 saturated heterocycles. The van der Waals surface area contributed by atoms with E-state index in [1.807, 2.05) is 0 Å². The Morgan fingerprint density at radius 1 is 1.17 bits per heavy atom. The smallest absolute Gasteiger partial charge is 0.317 e. The molecule has 2 aliphatic rings. The highest BCUT2D eigenvalue weighted by molar-refractivity contribution is 5.76. The number of ether oxygens (including phenoxy) is 1. The standard InChI is InChI=1S/C16H29N3O4/c1-23-10-7-17-16(22)19-9-8-18(11-13(12-19)15(20)21)14-5-3-2-4-6-14/h13-14H,2-12H2,1H3,(H,17,22)(H,20,21)/t13-/m1/s1. The van der Waals surface area contributed by atoms with E-state index in [2.05, 4.69) is 10.2 Å². The van der Waals surface area contributed by atoms with E-state index in [0.29, 0.717) is 32.3 Å². The number of rotatable bonds is 5. The molecule has 0 unspecified atom stereocenters. The molecule has 23 heavy (non-hydrogen) atoms. The van der Waals surface area contributed by atoms with Gasteiger partial charge in [0.05, 0.1) is 12.5 Å². The lowest BCUT2D eigenvalue weighted by molar-refractivity contribution is -0.142. The van der Waals surface area contributed by atoms with Crippen LogP contribution in [0.5, 0.6) is 0 Å². The maximum absolute atomic E-state index is 12.2. The molecule has 7 nitrogen and oxygen atoms in total. The minimum atomic E-state index is -0.817. The Morgan fingerprint density at radius 2 is 1.91 bits per heavy atom. The summed E-state index contributed by atoms with van der Waals surface area (Å²) in [6, 6.07) is 0.279. The number of carboxylic acid groups (broad SMARTS) is 1. The summed E-state index contributed by atoms with van der Waals surface area (Å²) in [5, 5.41) is 12.3. The van der Waals surface area contributed by atoms with Crippen molar-refractivity contribution in [2.24, 2.45) is 5.92 Å². The summed E-state index contributed by atoms with van der Waals surface area (Å²) >= 11 is 0. The number of hydrogen-bond acceptors (Lipinski definition) is 4. The first-order valence-corrected chi connectivity index (χ1v) is 8.60. The van der Waals surface area contributed by atoms with Gasteiger partial charge in [0, 0.05) is 45.9 Å². The van der Waals surface area contributed by atoms with Crippen molar-refractivity contribution in [1.82, 2.24) is 15.1 Å². The Bertz CT molecular complexity index is 399. The molecule has 1 saturated carbocycles. The molecule has 1 aliphatic heterocycles. The summed E-state index contributed by atoms with van der Waals surface area (Å²) in [5.41, 5.74) is 0. The van der Waals surface area contributed by atoms with Gasteiger partial charge in [0.2, 0.25) is 0 Å². The van der Waals surface area contributed by atoms with Crippen molar-refractivity contribution in [3.05, 3.63) is 0 Å². The second kappa shape index (κ2) is 9.08. The quantitative estimate of drug-likeness (QED) is 0.736. The average molecular weight is 327 g/mol. The second-order valence-corrected chi connectivity index (χ2v) is 6.49. The molecule has 0 aromatic rings. The third-order valence-electron chi connectivity index (χ3n) is 4.86. The fraction of sp³-hybridized carbons (Fsp3) is 0.875. The van der Waals surface area contributed by atoms with E-state index < -0.39 is 11.9 Å². The molecule has 2 amide bonds. The third kappa shape index (κ3) is 5.35. The number of carbonyl (C=O) groups excluding carboxylic acids is 1. The van der Waals surface area contributed by atoms with Crippen LogP contribution in [0.2, 0.25) is 0 Å². The molecule has 1 atom stereocenters. The van der Waals surface area contributed by atoms with Crippen LogP contribution >= 0.6 is 0 Å². The largest absolute Gasteiger partial charge is 0.481 e. The van der Waals surface area contributed by atoms with Crippen LogP contribution in [0, 0.1) is 5.92 Å². The van der Waals surface area contributed by atoms with E-state index >= 15 is 0 Å². The van der Waals surface area contributed by atoms with Gasteiger partial charge in [-0.25, -0.2) is 4.79 Å². The summed E-state index contributed by atoms with van der Waals surface area (Å²) in [5.74, 6) is -1.34. The molecule has 0 bridgehead atoms. The van der Waals surface area contributed by atoms with Crippen molar-refractivity contribution >= 4 is 12.0 Å². The fourth-order valence-electron chi connectivity index (χ4n) is 3.53. The van der Waals surface area contributed by atoms with Gasteiger partial charge in [0.1, 0.15) is 0 Å². The summed E-state index contributed by atoms with van der Waals surface area (Å²) < 4.78 is 4.92. The zero-order valence-corrected chi connectivity index (χ0v) is 14.0. The summed E-state index contributed by atoms with van der Waals surface area (Å²) in [7, 11) is 1.58. The lowest BCUT2D eigenvalue weighted by Crippen LogP contribution is -2.45. The maximum Gasteiger partial charge on any atom is 0.317 e. The van der Waals surface area contributed by atoms with Gasteiger partial charge >= 0.3 is 12.0 Å². The van der Waals surface area contributed by atoms with Crippen LogP contribution in [0.1, 0.15) is 32.1 Å². The Kier molecular flexibility index (Phi) is 7.11. The molecule has 7 heteroatoms. The van der Waals surface area contributed by atoms with Gasteiger partial charge in [0.15, 0.2) is 0 Å². The molecule has 0 spiro atoms. The van der Waals surface area contributed by atoms with Gasteiger partial charge in [0.25, 0.3) is 0 Å². The van der Waals surface area contributed by atoms with E-state index in [1.165, 1.54) is 19.3 Å².